The molecule has 4 nitrogen and oxygen atoms in total. The van der Waals surface area contributed by atoms with Crippen LogP contribution >= 0.6 is 23.4 Å². The van der Waals surface area contributed by atoms with Crippen LogP contribution in [0.1, 0.15) is 5.56 Å². The molecular weight excluding hydrogens is 322 g/mol. The van der Waals surface area contributed by atoms with E-state index in [4.69, 9.17) is 21.1 Å². The van der Waals surface area contributed by atoms with E-state index in [-0.39, 0.29) is 5.24 Å². The first kappa shape index (κ1) is 16.5. The molecule has 1 amide bonds. The van der Waals surface area contributed by atoms with E-state index in [2.05, 4.69) is 5.32 Å². The molecule has 0 radical (unpaired) electrons. The van der Waals surface area contributed by atoms with Crippen LogP contribution in [0.3, 0.4) is 0 Å². The number of halogens is 1. The van der Waals surface area contributed by atoms with Gasteiger partial charge in [0.05, 0.1) is 24.9 Å². The fourth-order valence-electron chi connectivity index (χ4n) is 1.83. The lowest BCUT2D eigenvalue weighted by Gasteiger charge is -2.12. The summed E-state index contributed by atoms with van der Waals surface area (Å²) in [7, 11) is 3.05. The molecule has 116 valence electrons. The number of benzene rings is 2. The molecule has 0 aromatic heterocycles. The van der Waals surface area contributed by atoms with Crippen molar-refractivity contribution in [1.29, 1.82) is 0 Å². The topological polar surface area (TPSA) is 47.6 Å². The van der Waals surface area contributed by atoms with Crippen molar-refractivity contribution in [2.45, 2.75) is 5.75 Å². The molecule has 22 heavy (non-hydrogen) atoms. The van der Waals surface area contributed by atoms with Crippen molar-refractivity contribution in [3.63, 3.8) is 0 Å². The second kappa shape index (κ2) is 7.96. The number of thioether (sulfide) groups is 1. The van der Waals surface area contributed by atoms with Crippen LogP contribution in [0.2, 0.25) is 5.02 Å². The van der Waals surface area contributed by atoms with Gasteiger partial charge in [0.2, 0.25) is 0 Å². The van der Waals surface area contributed by atoms with E-state index < -0.39 is 0 Å². The summed E-state index contributed by atoms with van der Waals surface area (Å²) in [6.07, 6.45) is 0. The minimum absolute atomic E-state index is 0.177. The maximum absolute atomic E-state index is 12.0. The van der Waals surface area contributed by atoms with Gasteiger partial charge in [0, 0.05) is 11.8 Å². The van der Waals surface area contributed by atoms with Gasteiger partial charge in [-0.25, -0.2) is 0 Å². The van der Waals surface area contributed by atoms with E-state index in [1.807, 2.05) is 30.3 Å². The van der Waals surface area contributed by atoms with E-state index in [0.29, 0.717) is 28.0 Å². The highest BCUT2D eigenvalue weighted by Crippen LogP contribution is 2.36. The van der Waals surface area contributed by atoms with Gasteiger partial charge < -0.3 is 14.8 Å². The van der Waals surface area contributed by atoms with Gasteiger partial charge in [-0.2, -0.15) is 0 Å². The molecule has 0 heterocycles. The zero-order valence-electron chi connectivity index (χ0n) is 12.3. The average Bonchev–Trinajstić information content (AvgIpc) is 2.54. The maximum Gasteiger partial charge on any atom is 0.283 e. The van der Waals surface area contributed by atoms with Crippen molar-refractivity contribution >= 4 is 34.3 Å². The Kier molecular flexibility index (Phi) is 5.98. The van der Waals surface area contributed by atoms with Gasteiger partial charge in [-0.3, -0.25) is 4.79 Å². The number of methoxy groups -OCH3 is 2. The van der Waals surface area contributed by atoms with Crippen LogP contribution < -0.4 is 14.8 Å². The average molecular weight is 338 g/mol. The van der Waals surface area contributed by atoms with Crippen molar-refractivity contribution < 1.29 is 14.3 Å². The van der Waals surface area contributed by atoms with Crippen molar-refractivity contribution in [3.8, 4) is 11.5 Å². The van der Waals surface area contributed by atoms with Gasteiger partial charge in [-0.15, -0.1) is 0 Å². The molecule has 0 aliphatic heterocycles. The lowest BCUT2D eigenvalue weighted by atomic mass is 10.2. The lowest BCUT2D eigenvalue weighted by Crippen LogP contribution is -2.07. The van der Waals surface area contributed by atoms with Crippen LogP contribution in [0, 0.1) is 0 Å². The first-order valence-corrected chi connectivity index (χ1v) is 7.89. The number of hydrogen-bond acceptors (Lipinski definition) is 4. The molecule has 0 bridgehead atoms. The number of anilines is 1. The van der Waals surface area contributed by atoms with E-state index in [9.17, 15) is 4.79 Å². The summed E-state index contributed by atoms with van der Waals surface area (Å²) in [6, 6.07) is 13.0. The van der Waals surface area contributed by atoms with Crippen molar-refractivity contribution in [2.75, 3.05) is 19.5 Å². The van der Waals surface area contributed by atoms with Gasteiger partial charge in [0.1, 0.15) is 11.5 Å². The monoisotopic (exact) mass is 337 g/mol. The molecule has 0 saturated carbocycles. The van der Waals surface area contributed by atoms with Crippen LogP contribution in [-0.2, 0) is 5.75 Å². The van der Waals surface area contributed by atoms with Gasteiger partial charge in [0.15, 0.2) is 0 Å². The predicted molar refractivity (Wildman–Crippen MR) is 91.3 cm³/mol. The number of carbonyl (C=O) groups is 1. The minimum atomic E-state index is -0.177. The molecule has 0 spiro atoms. The molecule has 2 aromatic rings. The fraction of sp³-hybridized carbons (Fsp3) is 0.188. The third-order valence-corrected chi connectivity index (χ3v) is 4.06. The Balaban J connectivity index is 2.03. The Morgan fingerprint density at radius 1 is 1.14 bits per heavy atom. The van der Waals surface area contributed by atoms with Crippen molar-refractivity contribution in [2.24, 2.45) is 0 Å². The maximum atomic E-state index is 12.0. The molecular formula is C16H16ClNO3S. The summed E-state index contributed by atoms with van der Waals surface area (Å²) in [5.41, 5.74) is 1.60. The largest absolute Gasteiger partial charge is 0.495 e. The second-order valence-electron chi connectivity index (χ2n) is 4.37. The first-order valence-electron chi connectivity index (χ1n) is 6.53. The van der Waals surface area contributed by atoms with E-state index in [1.165, 1.54) is 26.0 Å². The van der Waals surface area contributed by atoms with Crippen LogP contribution in [0.15, 0.2) is 42.5 Å². The summed E-state index contributed by atoms with van der Waals surface area (Å²) < 4.78 is 10.4. The van der Waals surface area contributed by atoms with Crippen LogP contribution in [0.5, 0.6) is 11.5 Å². The number of ether oxygens (including phenoxy) is 2. The minimum Gasteiger partial charge on any atom is -0.495 e. The summed E-state index contributed by atoms with van der Waals surface area (Å²) >= 11 is 7.26. The van der Waals surface area contributed by atoms with Crippen LogP contribution in [0.25, 0.3) is 0 Å². The normalized spacial score (nSPS) is 10.1. The Morgan fingerprint density at radius 2 is 1.82 bits per heavy atom. The lowest BCUT2D eigenvalue weighted by molar-refractivity contribution is 0.269. The molecule has 2 rings (SSSR count). The summed E-state index contributed by atoms with van der Waals surface area (Å²) in [4.78, 5) is 12.0. The summed E-state index contributed by atoms with van der Waals surface area (Å²) in [6.45, 7) is 0. The van der Waals surface area contributed by atoms with E-state index >= 15 is 0 Å². The van der Waals surface area contributed by atoms with Crippen LogP contribution in [0.4, 0.5) is 10.5 Å². The number of carbonyl (C=O) groups excluding carboxylic acids is 1. The molecule has 1 N–H and O–H groups in total. The van der Waals surface area contributed by atoms with Crippen molar-refractivity contribution in [3.05, 3.63) is 53.1 Å². The molecule has 0 fully saturated rings. The number of rotatable bonds is 5. The predicted octanol–water partition coefficient (Wildman–Crippen LogP) is 4.82. The van der Waals surface area contributed by atoms with Gasteiger partial charge in [0.25, 0.3) is 5.24 Å². The SMILES string of the molecule is COc1cc(OC)c(NC(=O)SCc2ccccc2)cc1Cl. The molecule has 0 saturated heterocycles. The fourth-order valence-corrected chi connectivity index (χ4v) is 2.74. The molecule has 0 unspecified atom stereocenters. The standard InChI is InChI=1S/C16H16ClNO3S/c1-20-14-9-15(21-2)13(8-12(14)17)18-16(19)22-10-11-6-4-3-5-7-11/h3-9H,10H2,1-2H3,(H,18,19). The van der Waals surface area contributed by atoms with Gasteiger partial charge in [-0.05, 0) is 11.6 Å². The zero-order chi connectivity index (χ0) is 15.9. The third kappa shape index (κ3) is 4.32. The molecule has 0 aliphatic rings. The van der Waals surface area contributed by atoms with Gasteiger partial charge >= 0.3 is 0 Å². The third-order valence-electron chi connectivity index (χ3n) is 2.92. The van der Waals surface area contributed by atoms with Gasteiger partial charge in [-0.1, -0.05) is 53.7 Å². The number of nitrogens with one attached hydrogen (secondary N) is 1. The van der Waals surface area contributed by atoms with Crippen LogP contribution in [-0.4, -0.2) is 19.5 Å². The van der Waals surface area contributed by atoms with E-state index in [0.717, 1.165) is 5.56 Å². The Morgan fingerprint density at radius 3 is 2.45 bits per heavy atom. The summed E-state index contributed by atoms with van der Waals surface area (Å²) in [5, 5.41) is 3.01. The highest BCUT2D eigenvalue weighted by atomic mass is 35.5. The van der Waals surface area contributed by atoms with Crippen molar-refractivity contribution in [1.82, 2.24) is 0 Å². The highest BCUT2D eigenvalue weighted by Gasteiger charge is 2.12. The number of hydrogen-bond donors (Lipinski definition) is 1. The molecule has 2 aromatic carbocycles. The second-order valence-corrected chi connectivity index (χ2v) is 5.73. The Bertz CT molecular complexity index is 649. The molecule has 0 aliphatic carbocycles. The Hall–Kier alpha value is -1.85. The summed E-state index contributed by atoms with van der Waals surface area (Å²) in [5.74, 6) is 1.59. The number of amides is 1. The quantitative estimate of drug-likeness (QED) is 0.849. The molecule has 6 heteroatoms. The van der Waals surface area contributed by atoms with E-state index in [1.54, 1.807) is 12.1 Å². The zero-order valence-corrected chi connectivity index (χ0v) is 13.8. The highest BCUT2D eigenvalue weighted by molar-refractivity contribution is 8.13. The molecule has 0 atom stereocenters. The smallest absolute Gasteiger partial charge is 0.283 e. The first-order chi connectivity index (χ1) is 10.6. The Labute approximate surface area is 138 Å².